The van der Waals surface area contributed by atoms with Crippen LogP contribution in [0.3, 0.4) is 0 Å². The molecule has 5 heteroatoms. The fraction of sp³-hybridized carbons (Fsp3) is 0. The van der Waals surface area contributed by atoms with Gasteiger partial charge >= 0.3 is 0 Å². The predicted molar refractivity (Wildman–Crippen MR) is 61.4 cm³/mol. The number of nitriles is 1. The number of rotatable bonds is 1. The maximum Gasteiger partial charge on any atom is 0.183 e. The molecule has 0 saturated heterocycles. The molecule has 0 unspecified atom stereocenters. The Hall–Kier alpha value is -2.74. The van der Waals surface area contributed by atoms with Crippen LogP contribution in [0, 0.1) is 11.3 Å². The molecule has 17 heavy (non-hydrogen) atoms. The normalized spacial score (nSPS) is 10.3. The van der Waals surface area contributed by atoms with E-state index in [1.165, 1.54) is 0 Å². The van der Waals surface area contributed by atoms with Crippen LogP contribution < -0.4 is 0 Å². The van der Waals surface area contributed by atoms with Gasteiger partial charge in [0.2, 0.25) is 0 Å². The van der Waals surface area contributed by atoms with Crippen molar-refractivity contribution in [1.82, 2.24) is 20.0 Å². The molecule has 0 fully saturated rings. The fourth-order valence-corrected chi connectivity index (χ4v) is 1.68. The molecule has 5 nitrogen and oxygen atoms in total. The standard InChI is InChI=1S/C12H7N5/c13-8-9-4-1-2-6-11(9)17-12-10(15-16-17)5-3-7-14-12/h1-7H. The second kappa shape index (κ2) is 3.68. The second-order valence-electron chi connectivity index (χ2n) is 3.48. The summed E-state index contributed by atoms with van der Waals surface area (Å²) in [4.78, 5) is 4.22. The zero-order valence-corrected chi connectivity index (χ0v) is 8.78. The van der Waals surface area contributed by atoms with E-state index in [-0.39, 0.29) is 0 Å². The van der Waals surface area contributed by atoms with E-state index in [9.17, 15) is 0 Å². The van der Waals surface area contributed by atoms with Crippen LogP contribution in [0.1, 0.15) is 5.56 Å². The van der Waals surface area contributed by atoms with Crippen molar-refractivity contribution in [2.24, 2.45) is 0 Å². The summed E-state index contributed by atoms with van der Waals surface area (Å²) in [6, 6.07) is 13.0. The van der Waals surface area contributed by atoms with Gasteiger partial charge in [0.1, 0.15) is 11.6 Å². The Balaban J connectivity index is 2.32. The van der Waals surface area contributed by atoms with Gasteiger partial charge in [-0.15, -0.1) is 5.10 Å². The number of fused-ring (bicyclic) bond motifs is 1. The van der Waals surface area contributed by atoms with E-state index in [1.54, 1.807) is 23.0 Å². The molecule has 2 aromatic heterocycles. The molecule has 1 aromatic carbocycles. The van der Waals surface area contributed by atoms with E-state index >= 15 is 0 Å². The first-order valence-electron chi connectivity index (χ1n) is 5.06. The summed E-state index contributed by atoms with van der Waals surface area (Å²) in [6.45, 7) is 0. The number of hydrogen-bond donors (Lipinski definition) is 0. The van der Waals surface area contributed by atoms with E-state index in [0.717, 1.165) is 0 Å². The highest BCUT2D eigenvalue weighted by molar-refractivity contribution is 5.72. The molecule has 0 atom stereocenters. The lowest BCUT2D eigenvalue weighted by molar-refractivity contribution is 0.815. The molecule has 0 N–H and O–H groups in total. The van der Waals surface area contributed by atoms with Crippen molar-refractivity contribution in [2.45, 2.75) is 0 Å². The lowest BCUT2D eigenvalue weighted by atomic mass is 10.2. The lowest BCUT2D eigenvalue weighted by Gasteiger charge is -2.02. The number of aromatic nitrogens is 4. The molecule has 0 saturated carbocycles. The molecule has 3 aromatic rings. The Morgan fingerprint density at radius 2 is 2.00 bits per heavy atom. The summed E-state index contributed by atoms with van der Waals surface area (Å²) in [5, 5.41) is 17.1. The maximum absolute atomic E-state index is 9.06. The average molecular weight is 221 g/mol. The van der Waals surface area contributed by atoms with Gasteiger partial charge in [0.25, 0.3) is 0 Å². The minimum atomic E-state index is 0.546. The van der Waals surface area contributed by atoms with Gasteiger partial charge in [0.05, 0.1) is 11.3 Å². The molecular weight excluding hydrogens is 214 g/mol. The molecule has 2 heterocycles. The van der Waals surface area contributed by atoms with Crippen LogP contribution in [0.25, 0.3) is 16.9 Å². The minimum Gasteiger partial charge on any atom is -0.235 e. The Bertz CT molecular complexity index is 723. The van der Waals surface area contributed by atoms with Crippen LogP contribution in [0.5, 0.6) is 0 Å². The van der Waals surface area contributed by atoms with Gasteiger partial charge < -0.3 is 0 Å². The SMILES string of the molecule is N#Cc1ccccc1-n1nnc2cccnc21. The molecule has 0 amide bonds. The summed E-state index contributed by atoms with van der Waals surface area (Å²) in [7, 11) is 0. The molecule has 0 aliphatic rings. The van der Waals surface area contributed by atoms with Crippen molar-refractivity contribution in [1.29, 1.82) is 5.26 Å². The van der Waals surface area contributed by atoms with Crippen LogP contribution in [-0.4, -0.2) is 20.0 Å². The highest BCUT2D eigenvalue weighted by atomic mass is 15.4. The summed E-state index contributed by atoms with van der Waals surface area (Å²) in [5.41, 5.74) is 2.59. The topological polar surface area (TPSA) is 67.4 Å². The fourth-order valence-electron chi connectivity index (χ4n) is 1.68. The van der Waals surface area contributed by atoms with E-state index in [1.807, 2.05) is 24.3 Å². The van der Waals surface area contributed by atoms with E-state index in [4.69, 9.17) is 5.26 Å². The van der Waals surface area contributed by atoms with Gasteiger partial charge in [0.15, 0.2) is 5.65 Å². The molecular formula is C12H7N5. The molecule has 0 aliphatic carbocycles. The highest BCUT2D eigenvalue weighted by Gasteiger charge is 2.09. The quantitative estimate of drug-likeness (QED) is 0.627. The second-order valence-corrected chi connectivity index (χ2v) is 3.48. The summed E-state index contributed by atoms with van der Waals surface area (Å²) >= 11 is 0. The zero-order chi connectivity index (χ0) is 11.7. The number of nitrogens with zero attached hydrogens (tertiary/aromatic N) is 5. The predicted octanol–water partition coefficient (Wildman–Crippen LogP) is 1.69. The van der Waals surface area contributed by atoms with Crippen molar-refractivity contribution < 1.29 is 0 Å². The Morgan fingerprint density at radius 1 is 1.12 bits per heavy atom. The first kappa shape index (κ1) is 9.48. The molecule has 0 spiro atoms. The monoisotopic (exact) mass is 221 g/mol. The van der Waals surface area contributed by atoms with Crippen molar-refractivity contribution in [3.05, 3.63) is 48.2 Å². The van der Waals surface area contributed by atoms with Crippen LogP contribution in [0.15, 0.2) is 42.6 Å². The molecule has 0 aliphatic heterocycles. The summed E-state index contributed by atoms with van der Waals surface area (Å²) in [5.74, 6) is 0. The largest absolute Gasteiger partial charge is 0.235 e. The molecule has 3 rings (SSSR count). The third-order valence-corrected chi connectivity index (χ3v) is 2.46. The number of para-hydroxylation sites is 1. The maximum atomic E-state index is 9.06. The van der Waals surface area contributed by atoms with Crippen molar-refractivity contribution >= 4 is 11.2 Å². The smallest absolute Gasteiger partial charge is 0.183 e. The Kier molecular flexibility index (Phi) is 2.06. The van der Waals surface area contributed by atoms with Gasteiger partial charge in [0, 0.05) is 6.20 Å². The number of hydrogen-bond acceptors (Lipinski definition) is 4. The van der Waals surface area contributed by atoms with Crippen LogP contribution in [0.4, 0.5) is 0 Å². The molecule has 0 bridgehead atoms. The van der Waals surface area contributed by atoms with Gasteiger partial charge in [-0.3, -0.25) is 0 Å². The average Bonchev–Trinajstić information content (AvgIpc) is 2.82. The third-order valence-electron chi connectivity index (χ3n) is 2.46. The first-order chi connectivity index (χ1) is 8.40. The highest BCUT2D eigenvalue weighted by Crippen LogP contribution is 2.16. The zero-order valence-electron chi connectivity index (χ0n) is 8.78. The minimum absolute atomic E-state index is 0.546. The van der Waals surface area contributed by atoms with Crippen molar-refractivity contribution in [3.8, 4) is 11.8 Å². The van der Waals surface area contributed by atoms with Crippen LogP contribution in [0.2, 0.25) is 0 Å². The lowest BCUT2D eigenvalue weighted by Crippen LogP contribution is -2.00. The van der Waals surface area contributed by atoms with Crippen LogP contribution >= 0.6 is 0 Å². The van der Waals surface area contributed by atoms with E-state index in [0.29, 0.717) is 22.4 Å². The van der Waals surface area contributed by atoms with Crippen molar-refractivity contribution in [3.63, 3.8) is 0 Å². The van der Waals surface area contributed by atoms with Gasteiger partial charge in [-0.2, -0.15) is 9.94 Å². The Labute approximate surface area is 96.9 Å². The number of pyridine rings is 1. The van der Waals surface area contributed by atoms with Crippen LogP contribution in [-0.2, 0) is 0 Å². The van der Waals surface area contributed by atoms with E-state index in [2.05, 4.69) is 21.4 Å². The van der Waals surface area contributed by atoms with Gasteiger partial charge in [-0.25, -0.2) is 4.98 Å². The number of benzene rings is 1. The third kappa shape index (κ3) is 1.43. The van der Waals surface area contributed by atoms with Gasteiger partial charge in [-0.05, 0) is 24.3 Å². The Morgan fingerprint density at radius 3 is 2.88 bits per heavy atom. The molecule has 80 valence electrons. The van der Waals surface area contributed by atoms with E-state index < -0.39 is 0 Å². The summed E-state index contributed by atoms with van der Waals surface area (Å²) in [6.07, 6.45) is 1.68. The molecule has 0 radical (unpaired) electrons. The summed E-state index contributed by atoms with van der Waals surface area (Å²) < 4.78 is 1.58. The van der Waals surface area contributed by atoms with Crippen molar-refractivity contribution in [2.75, 3.05) is 0 Å². The van der Waals surface area contributed by atoms with Gasteiger partial charge in [-0.1, -0.05) is 17.3 Å². The first-order valence-corrected chi connectivity index (χ1v) is 5.06.